The van der Waals surface area contributed by atoms with Crippen LogP contribution in [0.2, 0.25) is 0 Å². The summed E-state index contributed by atoms with van der Waals surface area (Å²) in [4.78, 5) is 24.5. The van der Waals surface area contributed by atoms with Crippen molar-refractivity contribution in [2.75, 3.05) is 6.16 Å². The third kappa shape index (κ3) is 6.43. The number of unbranched alkanes of at least 4 members (excludes halogenated alkanes) is 3. The maximum atomic E-state index is 14.4. The van der Waals surface area contributed by atoms with E-state index in [1.807, 2.05) is 0 Å². The van der Waals surface area contributed by atoms with Crippen molar-refractivity contribution in [3.05, 3.63) is 53.0 Å². The molecule has 0 radical (unpaired) electrons. The van der Waals surface area contributed by atoms with E-state index in [2.05, 4.69) is 5.73 Å². The highest BCUT2D eigenvalue weighted by atomic mass is 31.1. The highest BCUT2D eigenvalue weighted by molar-refractivity contribution is 7.78. The molecule has 1 heterocycles. The van der Waals surface area contributed by atoms with Gasteiger partial charge in [-0.3, -0.25) is 9.59 Å². The Morgan fingerprint density at radius 3 is 2.55 bits per heavy atom. The van der Waals surface area contributed by atoms with Gasteiger partial charge < -0.3 is 0 Å². The van der Waals surface area contributed by atoms with Gasteiger partial charge in [0.1, 0.15) is 0 Å². The van der Waals surface area contributed by atoms with E-state index in [1.54, 1.807) is 6.07 Å². The normalized spacial score (nSPS) is 19.7. The lowest BCUT2D eigenvalue weighted by Gasteiger charge is -2.23. The van der Waals surface area contributed by atoms with Gasteiger partial charge in [0.15, 0.2) is 5.52 Å². The minimum absolute atomic E-state index is 0.224. The standard InChI is InChI=1S/C24H29F2O2P/c25-24(26,20-10-5-3-6-11-20)22(27)17-16-21-12-8-13-23(28)29(21)18-7-2-1-4-9-19-14-15-19/h3,5-6,10-11,17,19H,1-2,4,7-9,12-15,18H2. The molecule has 0 amide bonds. The van der Waals surface area contributed by atoms with Gasteiger partial charge in [-0.1, -0.05) is 68.9 Å². The van der Waals surface area contributed by atoms with Crippen LogP contribution in [0.15, 0.2) is 47.5 Å². The fraction of sp³-hybridized carbons (Fsp3) is 0.542. The van der Waals surface area contributed by atoms with Crippen molar-refractivity contribution in [1.29, 1.82) is 0 Å². The van der Waals surface area contributed by atoms with Crippen molar-refractivity contribution in [2.24, 2.45) is 5.92 Å². The number of ketones is 1. The molecule has 0 aromatic heterocycles. The number of halogens is 2. The van der Waals surface area contributed by atoms with Crippen molar-refractivity contribution in [3.63, 3.8) is 0 Å². The van der Waals surface area contributed by atoms with E-state index < -0.39 is 19.6 Å². The third-order valence-electron chi connectivity index (χ3n) is 5.69. The Kier molecular flexibility index (Phi) is 7.92. The summed E-state index contributed by atoms with van der Waals surface area (Å²) in [6.07, 6.45) is 12.3. The van der Waals surface area contributed by atoms with Crippen molar-refractivity contribution < 1.29 is 18.4 Å². The Morgan fingerprint density at radius 1 is 1.10 bits per heavy atom. The Morgan fingerprint density at radius 2 is 1.83 bits per heavy atom. The second kappa shape index (κ2) is 10.4. The largest absolute Gasteiger partial charge is 0.334 e. The van der Waals surface area contributed by atoms with Crippen LogP contribution >= 0.6 is 7.92 Å². The molecule has 156 valence electrons. The molecule has 1 aromatic rings. The topological polar surface area (TPSA) is 34.1 Å². The summed E-state index contributed by atoms with van der Waals surface area (Å²) < 4.78 is 28.7. The molecular weight excluding hydrogens is 389 g/mol. The molecule has 2 fully saturated rings. The van der Waals surface area contributed by atoms with Gasteiger partial charge in [0.25, 0.3) is 0 Å². The molecule has 0 N–H and O–H groups in total. The predicted octanol–water partition coefficient (Wildman–Crippen LogP) is 6.94. The minimum Gasteiger partial charge on any atom is -0.294 e. The predicted molar refractivity (Wildman–Crippen MR) is 113 cm³/mol. The lowest BCUT2D eigenvalue weighted by Crippen LogP contribution is -2.23. The van der Waals surface area contributed by atoms with Gasteiger partial charge in [-0.25, -0.2) is 0 Å². The average molecular weight is 418 g/mol. The summed E-state index contributed by atoms with van der Waals surface area (Å²) in [7, 11) is -1.000. The Balaban J connectivity index is 1.59. The number of rotatable bonds is 10. The summed E-state index contributed by atoms with van der Waals surface area (Å²) >= 11 is 0. The smallest absolute Gasteiger partial charge is 0.294 e. The maximum Gasteiger partial charge on any atom is 0.334 e. The molecule has 2 nitrogen and oxygen atoms in total. The first-order chi connectivity index (χ1) is 14.0. The van der Waals surface area contributed by atoms with E-state index in [-0.39, 0.29) is 11.1 Å². The minimum atomic E-state index is -3.57. The lowest BCUT2D eigenvalue weighted by atomic mass is 10.0. The van der Waals surface area contributed by atoms with E-state index in [0.29, 0.717) is 12.8 Å². The third-order valence-corrected chi connectivity index (χ3v) is 8.28. The zero-order chi connectivity index (χ0) is 20.7. The molecule has 1 atom stereocenters. The van der Waals surface area contributed by atoms with Crippen LogP contribution in [0.5, 0.6) is 0 Å². The van der Waals surface area contributed by atoms with Crippen LogP contribution in [0.25, 0.3) is 0 Å². The molecule has 3 rings (SSSR count). The first-order valence-corrected chi connectivity index (χ1v) is 12.2. The van der Waals surface area contributed by atoms with Crippen LogP contribution in [0.1, 0.15) is 69.8 Å². The Labute approximate surface area is 173 Å². The van der Waals surface area contributed by atoms with Gasteiger partial charge in [0, 0.05) is 23.4 Å². The number of allylic oxidation sites excluding steroid dienone is 1. The number of hydrogen-bond donors (Lipinski definition) is 0. The van der Waals surface area contributed by atoms with Crippen LogP contribution in [0.3, 0.4) is 0 Å². The van der Waals surface area contributed by atoms with Gasteiger partial charge in [0.2, 0.25) is 5.78 Å². The summed E-state index contributed by atoms with van der Waals surface area (Å²) in [5, 5.41) is 0.784. The molecule has 1 aromatic carbocycles. The molecule has 1 unspecified atom stereocenters. The van der Waals surface area contributed by atoms with Crippen LogP contribution in [0.4, 0.5) is 8.78 Å². The van der Waals surface area contributed by atoms with Crippen molar-refractivity contribution in [2.45, 2.75) is 70.1 Å². The summed E-state index contributed by atoms with van der Waals surface area (Å²) in [6, 6.07) is 7.11. The Bertz CT molecular complexity index is 777. The fourth-order valence-electron chi connectivity index (χ4n) is 3.73. The fourth-order valence-corrected chi connectivity index (χ4v) is 6.17. The summed E-state index contributed by atoms with van der Waals surface area (Å²) in [6.45, 7) is 0. The molecule has 29 heavy (non-hydrogen) atoms. The first-order valence-electron chi connectivity index (χ1n) is 10.7. The van der Waals surface area contributed by atoms with Gasteiger partial charge in [-0.15, -0.1) is 5.73 Å². The second-order valence-electron chi connectivity index (χ2n) is 8.09. The number of alkyl halides is 2. The van der Waals surface area contributed by atoms with Crippen molar-refractivity contribution in [1.82, 2.24) is 0 Å². The summed E-state index contributed by atoms with van der Waals surface area (Å²) in [5.74, 6) is -3.88. The quantitative estimate of drug-likeness (QED) is 0.178. The van der Waals surface area contributed by atoms with Crippen molar-refractivity contribution >= 4 is 19.2 Å². The highest BCUT2D eigenvalue weighted by Gasteiger charge is 2.39. The molecule has 1 aliphatic carbocycles. The molecule has 5 heteroatoms. The van der Waals surface area contributed by atoms with Crippen LogP contribution in [-0.2, 0) is 15.5 Å². The van der Waals surface area contributed by atoms with Gasteiger partial charge >= 0.3 is 5.92 Å². The number of benzene rings is 1. The molecule has 2 aliphatic rings. The van der Waals surface area contributed by atoms with Gasteiger partial charge in [-0.05, 0) is 39.3 Å². The molecule has 1 saturated carbocycles. The van der Waals surface area contributed by atoms with E-state index in [1.165, 1.54) is 56.4 Å². The molecular formula is C24H29F2O2P. The van der Waals surface area contributed by atoms with Crippen LogP contribution in [-0.4, -0.2) is 17.5 Å². The number of carbonyl (C=O) groups excluding carboxylic acids is 2. The Hall–Kier alpha value is -1.63. The average Bonchev–Trinajstić information content (AvgIpc) is 3.55. The lowest BCUT2D eigenvalue weighted by molar-refractivity contribution is -0.138. The van der Waals surface area contributed by atoms with Crippen LogP contribution in [0, 0.1) is 5.92 Å². The molecule has 0 bridgehead atoms. The van der Waals surface area contributed by atoms with Crippen LogP contribution < -0.4 is 0 Å². The van der Waals surface area contributed by atoms with Gasteiger partial charge in [-0.2, -0.15) is 8.78 Å². The number of carbonyl (C=O) groups is 2. The molecule has 1 saturated heterocycles. The SMILES string of the molecule is O=C1CCCC(=C=CC(=O)C(F)(F)c2ccccc2)P1CCCCCCC1CC1. The summed E-state index contributed by atoms with van der Waals surface area (Å²) in [5.41, 5.74) is 2.73. The molecule has 0 spiro atoms. The second-order valence-corrected chi connectivity index (χ2v) is 10.4. The zero-order valence-electron chi connectivity index (χ0n) is 16.8. The van der Waals surface area contributed by atoms with E-state index in [9.17, 15) is 18.4 Å². The van der Waals surface area contributed by atoms with Crippen molar-refractivity contribution in [3.8, 4) is 0 Å². The zero-order valence-corrected chi connectivity index (χ0v) is 17.7. The monoisotopic (exact) mass is 418 g/mol. The molecule has 1 aliphatic heterocycles. The highest BCUT2D eigenvalue weighted by Crippen LogP contribution is 2.52. The van der Waals surface area contributed by atoms with E-state index in [0.717, 1.165) is 42.7 Å². The van der Waals surface area contributed by atoms with E-state index >= 15 is 0 Å². The number of hydrogen-bond acceptors (Lipinski definition) is 2. The maximum absolute atomic E-state index is 14.4. The van der Waals surface area contributed by atoms with Gasteiger partial charge in [0.05, 0.1) is 0 Å². The van der Waals surface area contributed by atoms with E-state index in [4.69, 9.17) is 0 Å². The first kappa shape index (κ1) is 22.1.